The number of urea groups is 1. The summed E-state index contributed by atoms with van der Waals surface area (Å²) in [7, 11) is 0. The van der Waals surface area contributed by atoms with Crippen LogP contribution in [0.5, 0.6) is 0 Å². The van der Waals surface area contributed by atoms with Crippen LogP contribution in [0.1, 0.15) is 31.6 Å². The Morgan fingerprint density at radius 3 is 2.82 bits per heavy atom. The van der Waals surface area contributed by atoms with E-state index in [0.717, 1.165) is 31.7 Å². The van der Waals surface area contributed by atoms with Crippen LogP contribution in [0.2, 0.25) is 0 Å². The average molecular weight is 237 g/mol. The summed E-state index contributed by atoms with van der Waals surface area (Å²) < 4.78 is 5.35. The minimum Gasteiger partial charge on any atom is -0.468 e. The molecule has 1 aliphatic heterocycles. The summed E-state index contributed by atoms with van der Waals surface area (Å²) in [6, 6.07) is 4.17. The second-order valence-electron chi connectivity index (χ2n) is 4.50. The van der Waals surface area contributed by atoms with Crippen LogP contribution in [0.4, 0.5) is 4.79 Å². The van der Waals surface area contributed by atoms with Gasteiger partial charge >= 0.3 is 6.03 Å². The molecular formula is C12H19N3O2. The maximum absolute atomic E-state index is 11.0. The van der Waals surface area contributed by atoms with Gasteiger partial charge in [0, 0.05) is 19.1 Å². The molecule has 1 aliphatic rings. The van der Waals surface area contributed by atoms with E-state index in [1.807, 2.05) is 12.1 Å². The standard InChI is InChI=1S/C12H19N3O2/c1-9(11-3-2-8-17-11)14-10-4-6-15(7-5-10)12(13)16/h2-3,8-10,14H,4-7H2,1H3,(H2,13,16)/t9-/m1/s1. The van der Waals surface area contributed by atoms with Gasteiger partial charge in [-0.15, -0.1) is 0 Å². The van der Waals surface area contributed by atoms with Crippen molar-refractivity contribution >= 4 is 6.03 Å². The molecule has 0 radical (unpaired) electrons. The number of piperidine rings is 1. The molecule has 2 amide bonds. The molecule has 2 heterocycles. The Morgan fingerprint density at radius 2 is 2.29 bits per heavy atom. The monoisotopic (exact) mass is 237 g/mol. The highest BCUT2D eigenvalue weighted by atomic mass is 16.3. The summed E-state index contributed by atoms with van der Waals surface area (Å²) in [4.78, 5) is 12.7. The molecule has 0 spiro atoms. The number of hydrogen-bond donors (Lipinski definition) is 2. The molecule has 17 heavy (non-hydrogen) atoms. The molecule has 1 fully saturated rings. The van der Waals surface area contributed by atoms with E-state index in [1.165, 1.54) is 0 Å². The smallest absolute Gasteiger partial charge is 0.314 e. The third-order valence-corrected chi connectivity index (χ3v) is 3.26. The Morgan fingerprint density at radius 1 is 1.59 bits per heavy atom. The van der Waals surface area contributed by atoms with Crippen LogP contribution in [0, 0.1) is 0 Å². The van der Waals surface area contributed by atoms with Crippen LogP contribution in [0.15, 0.2) is 22.8 Å². The van der Waals surface area contributed by atoms with Crippen LogP contribution in [-0.2, 0) is 0 Å². The zero-order chi connectivity index (χ0) is 12.3. The highest BCUT2D eigenvalue weighted by Crippen LogP contribution is 2.17. The van der Waals surface area contributed by atoms with Crippen LogP contribution < -0.4 is 11.1 Å². The van der Waals surface area contributed by atoms with Gasteiger partial charge in [0.2, 0.25) is 0 Å². The molecule has 0 aromatic carbocycles. The number of amides is 2. The predicted molar refractivity (Wildman–Crippen MR) is 64.4 cm³/mol. The number of nitrogens with two attached hydrogens (primary N) is 1. The van der Waals surface area contributed by atoms with Crippen molar-refractivity contribution in [3.05, 3.63) is 24.2 Å². The molecule has 5 heteroatoms. The molecule has 1 saturated heterocycles. The van der Waals surface area contributed by atoms with Gasteiger partial charge in [0.15, 0.2) is 0 Å². The Bertz CT molecular complexity index is 356. The van der Waals surface area contributed by atoms with Gasteiger partial charge in [-0.3, -0.25) is 0 Å². The van der Waals surface area contributed by atoms with Gasteiger partial charge in [-0.05, 0) is 31.9 Å². The lowest BCUT2D eigenvalue weighted by atomic mass is 10.0. The quantitative estimate of drug-likeness (QED) is 0.836. The maximum atomic E-state index is 11.0. The summed E-state index contributed by atoms with van der Waals surface area (Å²) in [5, 5.41) is 3.51. The van der Waals surface area contributed by atoms with Crippen molar-refractivity contribution in [1.82, 2.24) is 10.2 Å². The van der Waals surface area contributed by atoms with E-state index in [0.29, 0.717) is 6.04 Å². The SMILES string of the molecule is C[C@@H](NC1CCN(C(N)=O)CC1)c1ccco1. The number of carbonyl (C=O) groups is 1. The minimum absolute atomic E-state index is 0.204. The van der Waals surface area contributed by atoms with E-state index in [2.05, 4.69) is 12.2 Å². The first kappa shape index (κ1) is 12.0. The summed E-state index contributed by atoms with van der Waals surface area (Å²) in [5.74, 6) is 0.947. The van der Waals surface area contributed by atoms with Gasteiger partial charge in [-0.1, -0.05) is 0 Å². The highest BCUT2D eigenvalue weighted by molar-refractivity contribution is 5.72. The van der Waals surface area contributed by atoms with Crippen molar-refractivity contribution in [2.75, 3.05) is 13.1 Å². The summed E-state index contributed by atoms with van der Waals surface area (Å²) in [6.45, 7) is 3.55. The number of rotatable bonds is 3. The molecule has 2 rings (SSSR count). The first-order chi connectivity index (χ1) is 8.16. The molecule has 3 N–H and O–H groups in total. The average Bonchev–Trinajstić information content (AvgIpc) is 2.83. The minimum atomic E-state index is -0.317. The van der Waals surface area contributed by atoms with Crippen LogP contribution in [-0.4, -0.2) is 30.1 Å². The van der Waals surface area contributed by atoms with E-state index in [-0.39, 0.29) is 12.1 Å². The molecular weight excluding hydrogens is 218 g/mol. The van der Waals surface area contributed by atoms with Gasteiger partial charge in [0.05, 0.1) is 12.3 Å². The lowest BCUT2D eigenvalue weighted by Crippen LogP contribution is -2.47. The molecule has 0 aliphatic carbocycles. The van der Waals surface area contributed by atoms with Crippen LogP contribution >= 0.6 is 0 Å². The van der Waals surface area contributed by atoms with Gasteiger partial charge in [-0.2, -0.15) is 0 Å². The molecule has 0 bridgehead atoms. The largest absolute Gasteiger partial charge is 0.468 e. The summed E-state index contributed by atoms with van der Waals surface area (Å²) >= 11 is 0. The second kappa shape index (κ2) is 5.23. The molecule has 1 aromatic heterocycles. The fourth-order valence-electron chi connectivity index (χ4n) is 2.24. The number of carbonyl (C=O) groups excluding carboxylic acids is 1. The fraction of sp³-hybridized carbons (Fsp3) is 0.583. The molecule has 94 valence electrons. The van der Waals surface area contributed by atoms with Crippen molar-refractivity contribution in [2.24, 2.45) is 5.73 Å². The van der Waals surface area contributed by atoms with Crippen molar-refractivity contribution in [3.8, 4) is 0 Å². The zero-order valence-electron chi connectivity index (χ0n) is 10.1. The van der Waals surface area contributed by atoms with Crippen LogP contribution in [0.25, 0.3) is 0 Å². The van der Waals surface area contributed by atoms with Gasteiger partial charge in [-0.25, -0.2) is 4.79 Å². The van der Waals surface area contributed by atoms with E-state index in [4.69, 9.17) is 10.2 Å². The fourth-order valence-corrected chi connectivity index (χ4v) is 2.24. The lowest BCUT2D eigenvalue weighted by Gasteiger charge is -2.32. The molecule has 0 unspecified atom stereocenters. The molecule has 1 aromatic rings. The highest BCUT2D eigenvalue weighted by Gasteiger charge is 2.22. The lowest BCUT2D eigenvalue weighted by molar-refractivity contribution is 0.181. The summed E-state index contributed by atoms with van der Waals surface area (Å²) in [5.41, 5.74) is 5.24. The Kier molecular flexibility index (Phi) is 3.68. The number of nitrogens with one attached hydrogen (secondary N) is 1. The number of hydrogen-bond acceptors (Lipinski definition) is 3. The zero-order valence-corrected chi connectivity index (χ0v) is 10.1. The second-order valence-corrected chi connectivity index (χ2v) is 4.50. The predicted octanol–water partition coefficient (Wildman–Crippen LogP) is 1.47. The van der Waals surface area contributed by atoms with E-state index < -0.39 is 0 Å². The van der Waals surface area contributed by atoms with Crippen LogP contribution in [0.3, 0.4) is 0 Å². The van der Waals surface area contributed by atoms with Gasteiger partial charge in [0.1, 0.15) is 5.76 Å². The van der Waals surface area contributed by atoms with E-state index >= 15 is 0 Å². The topological polar surface area (TPSA) is 71.5 Å². The first-order valence-electron chi connectivity index (χ1n) is 6.00. The van der Waals surface area contributed by atoms with E-state index in [9.17, 15) is 4.79 Å². The third kappa shape index (κ3) is 3.00. The van der Waals surface area contributed by atoms with Gasteiger partial charge < -0.3 is 20.4 Å². The number of primary amides is 1. The first-order valence-corrected chi connectivity index (χ1v) is 6.00. The molecule has 0 saturated carbocycles. The maximum Gasteiger partial charge on any atom is 0.314 e. The number of likely N-dealkylation sites (tertiary alicyclic amines) is 1. The summed E-state index contributed by atoms with van der Waals surface area (Å²) in [6.07, 6.45) is 3.56. The molecule has 1 atom stereocenters. The van der Waals surface area contributed by atoms with Crippen molar-refractivity contribution in [1.29, 1.82) is 0 Å². The number of nitrogens with zero attached hydrogens (tertiary/aromatic N) is 1. The van der Waals surface area contributed by atoms with Crippen molar-refractivity contribution in [2.45, 2.75) is 31.8 Å². The Labute approximate surface area is 101 Å². The normalized spacial score (nSPS) is 19.2. The van der Waals surface area contributed by atoms with Crippen molar-refractivity contribution < 1.29 is 9.21 Å². The number of furan rings is 1. The van der Waals surface area contributed by atoms with Crippen molar-refractivity contribution in [3.63, 3.8) is 0 Å². The Hall–Kier alpha value is -1.49. The third-order valence-electron chi connectivity index (χ3n) is 3.26. The molecule has 5 nitrogen and oxygen atoms in total. The van der Waals surface area contributed by atoms with E-state index in [1.54, 1.807) is 11.2 Å². The van der Waals surface area contributed by atoms with Gasteiger partial charge in [0.25, 0.3) is 0 Å². The Balaban J connectivity index is 1.80.